The summed E-state index contributed by atoms with van der Waals surface area (Å²) in [4.78, 5) is 7.09. The van der Waals surface area contributed by atoms with Crippen LogP contribution in [0.3, 0.4) is 0 Å². The number of pyridine rings is 1. The number of thiocarbonyl (C=S) groups is 1. The number of nitrogens with two attached hydrogens (primary N) is 1. The van der Waals surface area contributed by atoms with E-state index in [0.717, 1.165) is 35.7 Å². The molecule has 1 saturated heterocycles. The van der Waals surface area contributed by atoms with Crippen LogP contribution in [0.2, 0.25) is 0 Å². The summed E-state index contributed by atoms with van der Waals surface area (Å²) in [5.74, 6) is 0. The van der Waals surface area contributed by atoms with Crippen molar-refractivity contribution in [2.75, 3.05) is 18.6 Å². The van der Waals surface area contributed by atoms with Gasteiger partial charge in [-0.2, -0.15) is 0 Å². The van der Waals surface area contributed by atoms with E-state index < -0.39 is 0 Å². The number of ether oxygens (including phenoxy) is 1. The van der Waals surface area contributed by atoms with Gasteiger partial charge in [-0.1, -0.05) is 12.2 Å². The Hall–Kier alpha value is -1.20. The maximum atomic E-state index is 5.87. The Labute approximate surface area is 120 Å². The summed E-state index contributed by atoms with van der Waals surface area (Å²) >= 11 is 5.18. The van der Waals surface area contributed by atoms with Gasteiger partial charge in [0.25, 0.3) is 0 Å². The Morgan fingerprint density at radius 1 is 1.53 bits per heavy atom. The second-order valence-corrected chi connectivity index (χ2v) is 5.59. The largest absolute Gasteiger partial charge is 0.389 e. The van der Waals surface area contributed by atoms with Crippen molar-refractivity contribution in [3.8, 4) is 0 Å². The molecule has 2 heterocycles. The molecule has 0 amide bonds. The topological polar surface area (TPSA) is 51.4 Å². The summed E-state index contributed by atoms with van der Waals surface area (Å²) in [5.41, 5.74) is 9.67. The molecule has 4 nitrogen and oxygen atoms in total. The second kappa shape index (κ2) is 5.43. The van der Waals surface area contributed by atoms with Crippen molar-refractivity contribution in [2.45, 2.75) is 39.3 Å². The number of anilines is 1. The first-order chi connectivity index (χ1) is 8.91. The molecule has 0 bridgehead atoms. The molecule has 2 N–H and O–H groups in total. The minimum atomic E-state index is 0.220. The van der Waals surface area contributed by atoms with Crippen molar-refractivity contribution in [3.63, 3.8) is 0 Å². The van der Waals surface area contributed by atoms with Crippen LogP contribution in [0.4, 0.5) is 5.69 Å². The molecule has 2 rings (SSSR count). The summed E-state index contributed by atoms with van der Waals surface area (Å²) in [6.07, 6.45) is 1.24. The van der Waals surface area contributed by atoms with E-state index in [1.54, 1.807) is 0 Å². The fraction of sp³-hybridized carbons (Fsp3) is 0.571. The van der Waals surface area contributed by atoms with Crippen LogP contribution in [0.25, 0.3) is 0 Å². The van der Waals surface area contributed by atoms with Crippen molar-refractivity contribution in [1.29, 1.82) is 0 Å². The Kier molecular flexibility index (Phi) is 4.06. The zero-order chi connectivity index (χ0) is 14.2. The number of nitrogens with zero attached hydrogens (tertiary/aromatic N) is 2. The van der Waals surface area contributed by atoms with Crippen LogP contribution >= 0.6 is 12.2 Å². The normalized spacial score (nSPS) is 22.5. The molecule has 2 atom stereocenters. The SMILES string of the molecule is Cc1cc(N(C)C2CCOC2C)c(C(N)=S)c(C)n1. The molecule has 1 aliphatic rings. The third-order valence-corrected chi connectivity index (χ3v) is 3.97. The highest BCUT2D eigenvalue weighted by molar-refractivity contribution is 7.80. The lowest BCUT2D eigenvalue weighted by Crippen LogP contribution is -2.38. The van der Waals surface area contributed by atoms with Gasteiger partial charge in [-0.3, -0.25) is 4.98 Å². The predicted octanol–water partition coefficient (Wildman–Crippen LogP) is 1.95. The van der Waals surface area contributed by atoms with Crippen LogP contribution in [0, 0.1) is 13.8 Å². The van der Waals surface area contributed by atoms with Crippen molar-refractivity contribution in [1.82, 2.24) is 4.98 Å². The number of hydrogen-bond donors (Lipinski definition) is 1. The van der Waals surface area contributed by atoms with E-state index in [1.807, 2.05) is 19.9 Å². The van der Waals surface area contributed by atoms with Crippen LogP contribution in [0.1, 0.15) is 30.3 Å². The zero-order valence-corrected chi connectivity index (χ0v) is 12.8. The van der Waals surface area contributed by atoms with Crippen LogP contribution in [0.15, 0.2) is 6.07 Å². The molecule has 0 radical (unpaired) electrons. The van der Waals surface area contributed by atoms with Gasteiger partial charge in [0.1, 0.15) is 4.99 Å². The van der Waals surface area contributed by atoms with Crippen LogP contribution in [0.5, 0.6) is 0 Å². The summed E-state index contributed by atoms with van der Waals surface area (Å²) in [5, 5.41) is 0. The standard InChI is InChI=1S/C14H21N3OS/c1-8-7-12(13(14(15)19)9(2)16-8)17(4)11-5-6-18-10(11)3/h7,10-11H,5-6H2,1-4H3,(H2,15,19). The highest BCUT2D eigenvalue weighted by Gasteiger charge is 2.30. The number of likely N-dealkylation sites (N-methyl/N-ethyl adjacent to an activating group) is 1. The van der Waals surface area contributed by atoms with Gasteiger partial charge in [-0.15, -0.1) is 0 Å². The summed E-state index contributed by atoms with van der Waals surface area (Å²) in [6, 6.07) is 2.40. The summed E-state index contributed by atoms with van der Waals surface area (Å²) in [6.45, 7) is 6.85. The number of rotatable bonds is 3. The monoisotopic (exact) mass is 279 g/mol. The Balaban J connectivity index is 2.45. The van der Waals surface area contributed by atoms with Gasteiger partial charge in [0.05, 0.1) is 23.4 Å². The van der Waals surface area contributed by atoms with E-state index in [0.29, 0.717) is 11.0 Å². The van der Waals surface area contributed by atoms with E-state index in [4.69, 9.17) is 22.7 Å². The quantitative estimate of drug-likeness (QED) is 0.857. The molecule has 1 aliphatic heterocycles. The third kappa shape index (κ3) is 2.72. The Morgan fingerprint density at radius 2 is 2.21 bits per heavy atom. The molecule has 5 heteroatoms. The molecule has 0 saturated carbocycles. The van der Waals surface area contributed by atoms with E-state index in [-0.39, 0.29) is 6.10 Å². The second-order valence-electron chi connectivity index (χ2n) is 5.15. The van der Waals surface area contributed by atoms with Crippen LogP contribution in [-0.2, 0) is 4.74 Å². The fourth-order valence-corrected chi connectivity index (χ4v) is 3.05. The van der Waals surface area contributed by atoms with Gasteiger partial charge >= 0.3 is 0 Å². The minimum absolute atomic E-state index is 0.220. The molecule has 19 heavy (non-hydrogen) atoms. The van der Waals surface area contributed by atoms with Crippen molar-refractivity contribution < 1.29 is 4.74 Å². The molecule has 1 fully saturated rings. The first-order valence-corrected chi connectivity index (χ1v) is 6.95. The summed E-state index contributed by atoms with van der Waals surface area (Å²) in [7, 11) is 2.08. The minimum Gasteiger partial charge on any atom is -0.389 e. The highest BCUT2D eigenvalue weighted by atomic mass is 32.1. The number of aromatic nitrogens is 1. The van der Waals surface area contributed by atoms with Crippen molar-refractivity contribution in [2.24, 2.45) is 5.73 Å². The number of aryl methyl sites for hydroxylation is 2. The van der Waals surface area contributed by atoms with Crippen molar-refractivity contribution >= 4 is 22.9 Å². The molecule has 1 aromatic heterocycles. The van der Waals surface area contributed by atoms with Gasteiger partial charge in [0, 0.05) is 25.0 Å². The van der Waals surface area contributed by atoms with Crippen molar-refractivity contribution in [3.05, 3.63) is 23.0 Å². The van der Waals surface area contributed by atoms with Gasteiger partial charge < -0.3 is 15.4 Å². The zero-order valence-electron chi connectivity index (χ0n) is 11.9. The van der Waals surface area contributed by atoms with Gasteiger partial charge in [0.2, 0.25) is 0 Å². The lowest BCUT2D eigenvalue weighted by Gasteiger charge is -2.31. The first kappa shape index (κ1) is 14.2. The first-order valence-electron chi connectivity index (χ1n) is 6.54. The predicted molar refractivity (Wildman–Crippen MR) is 81.8 cm³/mol. The molecular formula is C14H21N3OS. The maximum absolute atomic E-state index is 5.87. The molecule has 0 spiro atoms. The maximum Gasteiger partial charge on any atom is 0.107 e. The Bertz CT molecular complexity index is 504. The van der Waals surface area contributed by atoms with E-state index >= 15 is 0 Å². The molecule has 2 unspecified atom stereocenters. The van der Waals surface area contributed by atoms with Crippen LogP contribution in [-0.4, -0.2) is 35.8 Å². The van der Waals surface area contributed by atoms with Crippen LogP contribution < -0.4 is 10.6 Å². The van der Waals surface area contributed by atoms with E-state index in [1.165, 1.54) is 0 Å². The molecule has 1 aromatic rings. The van der Waals surface area contributed by atoms with Gasteiger partial charge in [-0.05, 0) is 33.3 Å². The summed E-state index contributed by atoms with van der Waals surface area (Å²) < 4.78 is 5.65. The molecule has 104 valence electrons. The Morgan fingerprint density at radius 3 is 2.74 bits per heavy atom. The molecule has 0 aliphatic carbocycles. The molecule has 0 aromatic carbocycles. The third-order valence-electron chi connectivity index (χ3n) is 3.77. The lowest BCUT2D eigenvalue weighted by molar-refractivity contribution is 0.118. The number of hydrogen-bond acceptors (Lipinski definition) is 4. The van der Waals surface area contributed by atoms with E-state index in [2.05, 4.69) is 23.9 Å². The highest BCUT2D eigenvalue weighted by Crippen LogP contribution is 2.29. The van der Waals surface area contributed by atoms with Gasteiger partial charge in [0.15, 0.2) is 0 Å². The van der Waals surface area contributed by atoms with E-state index in [9.17, 15) is 0 Å². The fourth-order valence-electron chi connectivity index (χ4n) is 2.80. The molecular weight excluding hydrogens is 258 g/mol. The average molecular weight is 279 g/mol. The van der Waals surface area contributed by atoms with Gasteiger partial charge in [-0.25, -0.2) is 0 Å². The average Bonchev–Trinajstić information content (AvgIpc) is 2.72. The smallest absolute Gasteiger partial charge is 0.107 e. The lowest BCUT2D eigenvalue weighted by atomic mass is 10.1.